The van der Waals surface area contributed by atoms with E-state index in [0.29, 0.717) is 38.0 Å². The summed E-state index contributed by atoms with van der Waals surface area (Å²) in [5, 5.41) is 25.8. The van der Waals surface area contributed by atoms with Gasteiger partial charge >= 0.3 is 7.67 Å². The van der Waals surface area contributed by atoms with Gasteiger partial charge in [0, 0.05) is 31.4 Å². The van der Waals surface area contributed by atoms with Gasteiger partial charge in [-0.3, -0.25) is 4.57 Å². The molecule has 1 aliphatic heterocycles. The molecular weight excluding hydrogens is 520 g/mol. The third kappa shape index (κ3) is 8.28. The van der Waals surface area contributed by atoms with Crippen molar-refractivity contribution in [2.24, 2.45) is 0 Å². The molecule has 196 valence electrons. The third-order valence-electron chi connectivity index (χ3n) is 5.75. The quantitative estimate of drug-likeness (QED) is 0.346. The molecule has 1 saturated heterocycles. The first-order valence-corrected chi connectivity index (χ1v) is 14.3. The minimum absolute atomic E-state index is 0.419. The van der Waals surface area contributed by atoms with E-state index in [2.05, 4.69) is 27.3 Å². The maximum atomic E-state index is 12.2. The summed E-state index contributed by atoms with van der Waals surface area (Å²) < 4.78 is 21.0. The summed E-state index contributed by atoms with van der Waals surface area (Å²) in [6, 6.07) is 10.6. The van der Waals surface area contributed by atoms with E-state index in [-0.39, 0.29) is 0 Å². The molecule has 2 heterocycles. The van der Waals surface area contributed by atoms with Crippen LogP contribution < -0.4 is 5.09 Å². The predicted molar refractivity (Wildman–Crippen MR) is 142 cm³/mol. The van der Waals surface area contributed by atoms with Crippen molar-refractivity contribution in [2.75, 3.05) is 38.0 Å². The van der Waals surface area contributed by atoms with E-state index in [1.54, 1.807) is 15.7 Å². The van der Waals surface area contributed by atoms with Crippen LogP contribution in [0.2, 0.25) is 0 Å². The normalized spacial score (nSPS) is 18.6. The van der Waals surface area contributed by atoms with E-state index >= 15 is 0 Å². The van der Waals surface area contributed by atoms with Crippen molar-refractivity contribution in [2.45, 2.75) is 51.5 Å². The Bertz CT molecular complexity index is 1060. The van der Waals surface area contributed by atoms with Crippen LogP contribution in [0, 0.1) is 22.7 Å². The monoisotopic (exact) mass is 553 g/mol. The van der Waals surface area contributed by atoms with Gasteiger partial charge in [0.25, 0.3) is 0 Å². The minimum atomic E-state index is -2.84. The number of nitrogens with zero attached hydrogens (tertiary/aromatic N) is 6. The number of alkyl halides is 2. The lowest BCUT2D eigenvalue weighted by molar-refractivity contribution is 0.203. The second-order valence-corrected chi connectivity index (χ2v) is 12.4. The molecule has 0 bridgehead atoms. The molecule has 1 aliphatic rings. The van der Waals surface area contributed by atoms with Crippen LogP contribution in [0.3, 0.4) is 0 Å². The van der Waals surface area contributed by atoms with Crippen molar-refractivity contribution in [1.29, 1.82) is 10.5 Å². The van der Waals surface area contributed by atoms with Gasteiger partial charge in [-0.15, -0.1) is 23.2 Å². The molecule has 0 amide bonds. The number of nitriles is 2. The summed E-state index contributed by atoms with van der Waals surface area (Å²) in [5.74, 6) is 0.873. The van der Waals surface area contributed by atoms with Crippen LogP contribution in [-0.2, 0) is 26.5 Å². The number of benzene rings is 1. The Morgan fingerprint density at radius 3 is 2.25 bits per heavy atom. The van der Waals surface area contributed by atoms with E-state index in [0.717, 1.165) is 29.7 Å². The Kier molecular flexibility index (Phi) is 11.4. The van der Waals surface area contributed by atoms with Crippen molar-refractivity contribution < 1.29 is 9.09 Å². The van der Waals surface area contributed by atoms with Crippen molar-refractivity contribution >= 4 is 30.9 Å². The molecule has 36 heavy (non-hydrogen) atoms. The predicted octanol–water partition coefficient (Wildman–Crippen LogP) is 4.81. The number of aromatic nitrogens is 3. The van der Waals surface area contributed by atoms with Crippen LogP contribution in [0.25, 0.3) is 0 Å². The first-order valence-electron chi connectivity index (χ1n) is 11.7. The molecule has 3 rings (SSSR count). The van der Waals surface area contributed by atoms with Crippen molar-refractivity contribution in [3.63, 3.8) is 0 Å². The third-order valence-corrected chi connectivity index (χ3v) is 8.41. The summed E-state index contributed by atoms with van der Waals surface area (Å²) in [4.78, 5) is 3.94. The lowest BCUT2D eigenvalue weighted by Crippen LogP contribution is -2.36. The zero-order valence-corrected chi connectivity index (χ0v) is 23.7. The second-order valence-electron chi connectivity index (χ2n) is 9.43. The minimum Gasteiger partial charge on any atom is -0.306 e. The van der Waals surface area contributed by atoms with E-state index in [1.807, 2.05) is 45.9 Å². The highest BCUT2D eigenvalue weighted by atomic mass is 35.5. The smallest absolute Gasteiger partial charge is 0.306 e. The average molecular weight is 554 g/mol. The number of rotatable bonds is 9. The van der Waals surface area contributed by atoms with Crippen molar-refractivity contribution in [1.82, 2.24) is 24.5 Å². The van der Waals surface area contributed by atoms with Crippen molar-refractivity contribution in [3.8, 4) is 12.1 Å². The van der Waals surface area contributed by atoms with Crippen LogP contribution in [0.15, 0.2) is 30.9 Å². The van der Waals surface area contributed by atoms with Gasteiger partial charge < -0.3 is 4.52 Å². The van der Waals surface area contributed by atoms with Crippen LogP contribution in [0.4, 0.5) is 0 Å². The van der Waals surface area contributed by atoms with Gasteiger partial charge in [0.15, 0.2) is 0 Å². The number of hydrogen-bond acceptors (Lipinski definition) is 6. The van der Waals surface area contributed by atoms with Gasteiger partial charge in [0.05, 0.1) is 36.1 Å². The second kappa shape index (κ2) is 13.5. The summed E-state index contributed by atoms with van der Waals surface area (Å²) >= 11 is 11.1. The largest absolute Gasteiger partial charge is 0.343 e. The number of nitrogens with one attached hydrogen (secondary N) is 1. The fourth-order valence-electron chi connectivity index (χ4n) is 3.45. The number of halogens is 2. The molecule has 1 fully saturated rings. The molecule has 0 saturated carbocycles. The standard InChI is InChI=1S/C17H19N5.C7H15Cl2N2O2P/c1-16(2,9-18)14-5-13(8-22-12-20-11-21-22)6-15(7-14)17(3,4)10-19;8-2-4-10-14(12)11(6-3-9)5-1-7-13-14/h5-7,11-12H,8H2,1-4H3;1-7H2,(H,10,12). The average Bonchev–Trinajstić information content (AvgIpc) is 3.37. The van der Waals surface area contributed by atoms with Gasteiger partial charge in [0.2, 0.25) is 0 Å². The Labute approximate surface area is 223 Å². The van der Waals surface area contributed by atoms with Crippen LogP contribution in [0.1, 0.15) is 50.8 Å². The van der Waals surface area contributed by atoms with E-state index < -0.39 is 18.5 Å². The molecule has 1 N–H and O–H groups in total. The maximum Gasteiger partial charge on any atom is 0.343 e. The fourth-order valence-corrected chi connectivity index (χ4v) is 6.00. The van der Waals surface area contributed by atoms with Crippen molar-refractivity contribution in [3.05, 3.63) is 47.5 Å². The molecule has 0 radical (unpaired) electrons. The Morgan fingerprint density at radius 1 is 1.11 bits per heavy atom. The molecule has 12 heteroatoms. The van der Waals surface area contributed by atoms with Crippen LogP contribution >= 0.6 is 30.9 Å². The zero-order valence-electron chi connectivity index (χ0n) is 21.2. The molecule has 1 unspecified atom stereocenters. The highest BCUT2D eigenvalue weighted by Gasteiger charge is 2.33. The van der Waals surface area contributed by atoms with Crippen LogP contribution in [-0.4, -0.2) is 57.4 Å². The Hall–Kier alpha value is -1.97. The van der Waals surface area contributed by atoms with E-state index in [4.69, 9.17) is 27.7 Å². The molecule has 0 aliphatic carbocycles. The first-order chi connectivity index (χ1) is 17.0. The van der Waals surface area contributed by atoms with Gasteiger partial charge in [-0.25, -0.2) is 19.4 Å². The van der Waals surface area contributed by atoms with Gasteiger partial charge in [-0.2, -0.15) is 15.6 Å². The molecule has 1 atom stereocenters. The zero-order chi connectivity index (χ0) is 26.8. The SMILES string of the molecule is CC(C)(C#N)c1cc(Cn2cncn2)cc(C(C)(C)C#N)c1.O=P1(NCCCl)OCCCN1CCCl. The highest BCUT2D eigenvalue weighted by molar-refractivity contribution is 7.54. The summed E-state index contributed by atoms with van der Waals surface area (Å²) in [6.07, 6.45) is 4.03. The molecule has 2 aromatic rings. The van der Waals surface area contributed by atoms with Gasteiger partial charge in [-0.1, -0.05) is 18.2 Å². The summed E-state index contributed by atoms with van der Waals surface area (Å²) in [5.41, 5.74) is 1.60. The van der Waals surface area contributed by atoms with Gasteiger partial charge in [-0.05, 0) is 50.8 Å². The highest BCUT2D eigenvalue weighted by Crippen LogP contribution is 2.48. The molecule has 1 aromatic carbocycles. The van der Waals surface area contributed by atoms with Crippen LogP contribution in [0.5, 0.6) is 0 Å². The molecule has 0 spiro atoms. The summed E-state index contributed by atoms with van der Waals surface area (Å²) in [6.45, 7) is 10.4. The van der Waals surface area contributed by atoms with E-state index in [9.17, 15) is 15.1 Å². The first kappa shape index (κ1) is 30.3. The number of hydrogen-bond donors (Lipinski definition) is 1. The molecular formula is C24H34Cl2N7O2P. The molecule has 1 aromatic heterocycles. The Balaban J connectivity index is 0.000000281. The van der Waals surface area contributed by atoms with E-state index in [1.165, 1.54) is 6.33 Å². The lowest BCUT2D eigenvalue weighted by Gasteiger charge is -2.34. The lowest BCUT2D eigenvalue weighted by atomic mass is 9.79. The van der Waals surface area contributed by atoms with Gasteiger partial charge in [0.1, 0.15) is 12.7 Å². The Morgan fingerprint density at radius 2 is 1.75 bits per heavy atom. The summed E-state index contributed by atoms with van der Waals surface area (Å²) in [7, 11) is -2.84. The maximum absolute atomic E-state index is 12.2. The fraction of sp³-hybridized carbons (Fsp3) is 0.583. The molecule has 9 nitrogen and oxygen atoms in total. The topological polar surface area (TPSA) is 120 Å².